The van der Waals surface area contributed by atoms with Gasteiger partial charge in [-0.25, -0.2) is 4.79 Å². The van der Waals surface area contributed by atoms with E-state index in [1.54, 1.807) is 25.1 Å². The highest BCUT2D eigenvalue weighted by molar-refractivity contribution is 5.96. The van der Waals surface area contributed by atoms with Crippen LogP contribution in [0.3, 0.4) is 0 Å². The van der Waals surface area contributed by atoms with E-state index in [4.69, 9.17) is 5.11 Å². The second kappa shape index (κ2) is 4.37. The van der Waals surface area contributed by atoms with Crippen LogP contribution in [0.5, 0.6) is 0 Å². The number of aromatic carboxylic acids is 1. The highest BCUT2D eigenvalue weighted by Gasteiger charge is 2.51. The largest absolute Gasteiger partial charge is 0.478 e. The standard InChI is InChI=1S/C15H17NO3/c1-8-6-10(4-5-11(8)15(18)19)16-14(17)13-7-12(13)9-2-3-9/h4-6,9,12-13H,2-3,7H2,1H3,(H,16,17)(H,18,19). The molecule has 2 atom stereocenters. The lowest BCUT2D eigenvalue weighted by molar-refractivity contribution is -0.117. The Kier molecular flexibility index (Phi) is 2.81. The molecular weight excluding hydrogens is 242 g/mol. The zero-order valence-corrected chi connectivity index (χ0v) is 10.8. The van der Waals surface area contributed by atoms with Crippen LogP contribution in [0.4, 0.5) is 5.69 Å². The molecule has 1 amide bonds. The Morgan fingerprint density at radius 3 is 2.63 bits per heavy atom. The molecule has 100 valence electrons. The van der Waals surface area contributed by atoms with Crippen molar-refractivity contribution in [3.8, 4) is 0 Å². The second-order valence-corrected chi connectivity index (χ2v) is 5.67. The van der Waals surface area contributed by atoms with E-state index in [1.807, 2.05) is 0 Å². The number of benzene rings is 1. The minimum Gasteiger partial charge on any atom is -0.478 e. The number of carboxylic acid groups (broad SMARTS) is 1. The number of carbonyl (C=O) groups excluding carboxylic acids is 1. The summed E-state index contributed by atoms with van der Waals surface area (Å²) in [4.78, 5) is 22.9. The summed E-state index contributed by atoms with van der Waals surface area (Å²) >= 11 is 0. The zero-order chi connectivity index (χ0) is 13.6. The van der Waals surface area contributed by atoms with Gasteiger partial charge in [-0.1, -0.05) is 0 Å². The minimum absolute atomic E-state index is 0.0828. The topological polar surface area (TPSA) is 66.4 Å². The Bertz CT molecular complexity index is 548. The summed E-state index contributed by atoms with van der Waals surface area (Å²) in [6, 6.07) is 4.91. The summed E-state index contributed by atoms with van der Waals surface area (Å²) in [5.74, 6) is 0.698. The first-order valence-corrected chi connectivity index (χ1v) is 6.71. The fourth-order valence-corrected chi connectivity index (χ4v) is 2.78. The van der Waals surface area contributed by atoms with E-state index in [1.165, 1.54) is 12.8 Å². The van der Waals surface area contributed by atoms with Crippen LogP contribution in [0.1, 0.15) is 35.2 Å². The van der Waals surface area contributed by atoms with Crippen molar-refractivity contribution in [3.63, 3.8) is 0 Å². The molecule has 0 heterocycles. The summed E-state index contributed by atoms with van der Waals surface area (Å²) in [5, 5.41) is 11.8. The highest BCUT2D eigenvalue weighted by Crippen LogP contribution is 2.54. The molecule has 0 radical (unpaired) electrons. The van der Waals surface area contributed by atoms with Crippen molar-refractivity contribution in [2.24, 2.45) is 17.8 Å². The molecule has 1 aromatic carbocycles. The summed E-state index contributed by atoms with van der Waals surface area (Å²) < 4.78 is 0. The van der Waals surface area contributed by atoms with Gasteiger partial charge in [-0.15, -0.1) is 0 Å². The Balaban J connectivity index is 1.65. The lowest BCUT2D eigenvalue weighted by Crippen LogP contribution is -2.15. The molecule has 4 heteroatoms. The molecule has 2 aliphatic rings. The van der Waals surface area contributed by atoms with Crippen LogP contribution >= 0.6 is 0 Å². The third kappa shape index (κ3) is 2.48. The van der Waals surface area contributed by atoms with E-state index >= 15 is 0 Å². The number of carboxylic acids is 1. The van der Waals surface area contributed by atoms with Crippen molar-refractivity contribution in [1.29, 1.82) is 0 Å². The first-order chi connectivity index (χ1) is 9.06. The Morgan fingerprint density at radius 1 is 1.32 bits per heavy atom. The van der Waals surface area contributed by atoms with Gasteiger partial charge in [0, 0.05) is 11.6 Å². The van der Waals surface area contributed by atoms with Crippen LogP contribution < -0.4 is 5.32 Å². The maximum absolute atomic E-state index is 12.0. The van der Waals surface area contributed by atoms with E-state index in [-0.39, 0.29) is 17.4 Å². The van der Waals surface area contributed by atoms with Gasteiger partial charge in [0.25, 0.3) is 0 Å². The molecule has 2 N–H and O–H groups in total. The fourth-order valence-electron chi connectivity index (χ4n) is 2.78. The Hall–Kier alpha value is -1.84. The SMILES string of the molecule is Cc1cc(NC(=O)C2CC2C2CC2)ccc1C(=O)O. The number of aryl methyl sites for hydroxylation is 1. The lowest BCUT2D eigenvalue weighted by atomic mass is 10.1. The van der Waals surface area contributed by atoms with Gasteiger partial charge in [-0.05, 0) is 61.8 Å². The van der Waals surface area contributed by atoms with Crippen molar-refractivity contribution >= 4 is 17.6 Å². The summed E-state index contributed by atoms with van der Waals surface area (Å²) in [7, 11) is 0. The van der Waals surface area contributed by atoms with Gasteiger partial charge in [-0.2, -0.15) is 0 Å². The molecule has 0 bridgehead atoms. The third-order valence-corrected chi connectivity index (χ3v) is 4.13. The van der Waals surface area contributed by atoms with Gasteiger partial charge in [-0.3, -0.25) is 4.79 Å². The van der Waals surface area contributed by atoms with E-state index in [2.05, 4.69) is 5.32 Å². The molecule has 0 spiro atoms. The third-order valence-electron chi connectivity index (χ3n) is 4.13. The average Bonchev–Trinajstić information content (AvgIpc) is 3.20. The quantitative estimate of drug-likeness (QED) is 0.873. The lowest BCUT2D eigenvalue weighted by Gasteiger charge is -2.07. The van der Waals surface area contributed by atoms with Gasteiger partial charge in [0.15, 0.2) is 0 Å². The van der Waals surface area contributed by atoms with Crippen molar-refractivity contribution in [2.45, 2.75) is 26.2 Å². The highest BCUT2D eigenvalue weighted by atomic mass is 16.4. The van der Waals surface area contributed by atoms with Crippen molar-refractivity contribution < 1.29 is 14.7 Å². The number of nitrogens with one attached hydrogen (secondary N) is 1. The van der Waals surface area contributed by atoms with Crippen molar-refractivity contribution in [3.05, 3.63) is 29.3 Å². The zero-order valence-electron chi connectivity index (χ0n) is 10.8. The summed E-state index contributed by atoms with van der Waals surface area (Å²) in [6.45, 7) is 1.74. The van der Waals surface area contributed by atoms with Crippen LogP contribution in [0.25, 0.3) is 0 Å². The van der Waals surface area contributed by atoms with Gasteiger partial charge in [0.05, 0.1) is 5.56 Å². The van der Waals surface area contributed by atoms with Crippen LogP contribution in [0.2, 0.25) is 0 Å². The molecule has 1 aromatic rings. The number of carbonyl (C=O) groups is 2. The molecule has 0 saturated heterocycles. The number of hydrogen-bond donors (Lipinski definition) is 2. The number of anilines is 1. The Labute approximate surface area is 111 Å². The minimum atomic E-state index is -0.939. The maximum Gasteiger partial charge on any atom is 0.335 e. The summed E-state index contributed by atoms with van der Waals surface area (Å²) in [6.07, 6.45) is 3.57. The predicted molar refractivity (Wildman–Crippen MR) is 71.1 cm³/mol. The molecule has 4 nitrogen and oxygen atoms in total. The molecule has 2 aliphatic carbocycles. The van der Waals surface area contributed by atoms with Crippen molar-refractivity contribution in [2.75, 3.05) is 5.32 Å². The molecule has 0 aliphatic heterocycles. The number of hydrogen-bond acceptors (Lipinski definition) is 2. The Morgan fingerprint density at radius 2 is 2.05 bits per heavy atom. The van der Waals surface area contributed by atoms with Crippen LogP contribution in [0.15, 0.2) is 18.2 Å². The van der Waals surface area contributed by atoms with Gasteiger partial charge in [0.1, 0.15) is 0 Å². The molecule has 3 rings (SSSR count). The molecule has 0 aromatic heterocycles. The van der Waals surface area contributed by atoms with Crippen LogP contribution in [-0.2, 0) is 4.79 Å². The number of rotatable bonds is 4. The second-order valence-electron chi connectivity index (χ2n) is 5.67. The monoisotopic (exact) mass is 259 g/mol. The summed E-state index contributed by atoms with van der Waals surface area (Å²) in [5.41, 5.74) is 1.63. The maximum atomic E-state index is 12.0. The first-order valence-electron chi connectivity index (χ1n) is 6.71. The fraction of sp³-hybridized carbons (Fsp3) is 0.467. The van der Waals surface area contributed by atoms with E-state index in [0.717, 1.165) is 12.3 Å². The van der Waals surface area contributed by atoms with E-state index in [9.17, 15) is 9.59 Å². The van der Waals surface area contributed by atoms with E-state index < -0.39 is 5.97 Å². The normalized spacial score (nSPS) is 24.9. The molecule has 2 saturated carbocycles. The average molecular weight is 259 g/mol. The van der Waals surface area contributed by atoms with E-state index in [0.29, 0.717) is 17.2 Å². The van der Waals surface area contributed by atoms with Gasteiger partial charge < -0.3 is 10.4 Å². The number of amides is 1. The van der Waals surface area contributed by atoms with Crippen molar-refractivity contribution in [1.82, 2.24) is 0 Å². The van der Waals surface area contributed by atoms with Gasteiger partial charge in [0.2, 0.25) is 5.91 Å². The first kappa shape index (κ1) is 12.2. The molecular formula is C15H17NO3. The molecule has 2 unspecified atom stereocenters. The predicted octanol–water partition coefficient (Wildman–Crippen LogP) is 2.68. The molecule has 2 fully saturated rings. The molecule has 19 heavy (non-hydrogen) atoms. The van der Waals surface area contributed by atoms with Crippen LogP contribution in [-0.4, -0.2) is 17.0 Å². The van der Waals surface area contributed by atoms with Crippen LogP contribution in [0, 0.1) is 24.7 Å². The van der Waals surface area contributed by atoms with Gasteiger partial charge >= 0.3 is 5.97 Å². The smallest absolute Gasteiger partial charge is 0.335 e.